The van der Waals surface area contributed by atoms with Gasteiger partial charge >= 0.3 is 0 Å². The number of nitrogens with zero attached hydrogens (tertiary/aromatic N) is 1. The Hall–Kier alpha value is -0.980. The zero-order valence-electron chi connectivity index (χ0n) is 14.9. The topological polar surface area (TPSA) is 40.0 Å². The predicted molar refractivity (Wildman–Crippen MR) is 108 cm³/mol. The molecule has 0 aliphatic rings. The summed E-state index contributed by atoms with van der Waals surface area (Å²) in [4.78, 5) is 5.12. The number of unbranched alkanes of at least 4 members (excludes halogenated alkanes) is 3. The second-order valence-electron chi connectivity index (χ2n) is 5.66. The molecule has 0 heterocycles. The van der Waals surface area contributed by atoms with Crippen molar-refractivity contribution in [2.24, 2.45) is 5.16 Å². The molecule has 0 aliphatic carbocycles. The summed E-state index contributed by atoms with van der Waals surface area (Å²) in [5, 5.41) is 4.04. The van der Waals surface area contributed by atoms with E-state index in [1.54, 1.807) is 6.08 Å². The Morgan fingerprint density at radius 2 is 1.85 bits per heavy atom. The summed E-state index contributed by atoms with van der Waals surface area (Å²) in [5.41, 5.74) is 0.900. The molecule has 0 atom stereocenters. The summed E-state index contributed by atoms with van der Waals surface area (Å²) < 4.78 is 25.3. The standard InChI is InChI=1S/C18H23BrCl2FNO3/c1-13(2)23-26-9-6-4-3-5-8-25-18-15(20)11-14(12-16(18)22)24-10-7-17(19)21/h7,11-12H,3-6,8-10H2,1-2H3/b17-7-. The molecule has 0 spiro atoms. The molecule has 0 aliphatic heterocycles. The molecule has 1 aromatic rings. The summed E-state index contributed by atoms with van der Waals surface area (Å²) in [5.74, 6) is -0.196. The highest BCUT2D eigenvalue weighted by atomic mass is 79.9. The smallest absolute Gasteiger partial charge is 0.173 e. The third-order valence-corrected chi connectivity index (χ3v) is 3.84. The van der Waals surface area contributed by atoms with Gasteiger partial charge in [0, 0.05) is 12.1 Å². The second-order valence-corrected chi connectivity index (χ2v) is 7.78. The van der Waals surface area contributed by atoms with Crippen LogP contribution < -0.4 is 9.47 Å². The van der Waals surface area contributed by atoms with Gasteiger partial charge in [-0.2, -0.15) is 0 Å². The van der Waals surface area contributed by atoms with Gasteiger partial charge in [-0.3, -0.25) is 0 Å². The lowest BCUT2D eigenvalue weighted by Crippen LogP contribution is -2.02. The Bertz CT molecular complexity index is 595. The highest BCUT2D eigenvalue weighted by Crippen LogP contribution is 2.32. The first-order chi connectivity index (χ1) is 12.4. The first kappa shape index (κ1) is 23.1. The molecule has 1 aromatic carbocycles. The number of hydrogen-bond acceptors (Lipinski definition) is 4. The minimum atomic E-state index is -0.553. The summed E-state index contributed by atoms with van der Waals surface area (Å²) in [6.45, 7) is 4.97. The maximum atomic E-state index is 14.1. The van der Waals surface area contributed by atoms with Crippen LogP contribution in [0.4, 0.5) is 4.39 Å². The molecule has 4 nitrogen and oxygen atoms in total. The van der Waals surface area contributed by atoms with Gasteiger partial charge in [0.05, 0.1) is 21.3 Å². The van der Waals surface area contributed by atoms with E-state index < -0.39 is 5.82 Å². The number of ether oxygens (including phenoxy) is 2. The minimum Gasteiger partial charge on any atom is -0.489 e. The zero-order chi connectivity index (χ0) is 19.4. The van der Waals surface area contributed by atoms with E-state index in [-0.39, 0.29) is 17.4 Å². The Balaban J connectivity index is 2.30. The Morgan fingerprint density at radius 1 is 1.15 bits per heavy atom. The van der Waals surface area contributed by atoms with Crippen molar-refractivity contribution in [3.05, 3.63) is 33.0 Å². The molecular weight excluding hydrogens is 448 g/mol. The molecule has 26 heavy (non-hydrogen) atoms. The molecule has 0 saturated heterocycles. The van der Waals surface area contributed by atoms with Crippen molar-refractivity contribution in [3.8, 4) is 11.5 Å². The third kappa shape index (κ3) is 10.2. The highest BCUT2D eigenvalue weighted by molar-refractivity contribution is 9.12. The van der Waals surface area contributed by atoms with Crippen LogP contribution in [-0.2, 0) is 4.84 Å². The summed E-state index contributed by atoms with van der Waals surface area (Å²) in [6, 6.07) is 2.76. The van der Waals surface area contributed by atoms with Crippen molar-refractivity contribution >= 4 is 44.8 Å². The van der Waals surface area contributed by atoms with Crippen molar-refractivity contribution in [3.63, 3.8) is 0 Å². The zero-order valence-corrected chi connectivity index (χ0v) is 18.0. The molecule has 0 aromatic heterocycles. The fourth-order valence-corrected chi connectivity index (χ4v) is 2.38. The normalized spacial score (nSPS) is 11.2. The van der Waals surface area contributed by atoms with Crippen LogP contribution >= 0.6 is 39.1 Å². The fraction of sp³-hybridized carbons (Fsp3) is 0.500. The number of rotatable bonds is 12. The van der Waals surface area contributed by atoms with Crippen molar-refractivity contribution in [2.45, 2.75) is 39.5 Å². The second kappa shape index (κ2) is 13.2. The van der Waals surface area contributed by atoms with Crippen LogP contribution in [0.1, 0.15) is 39.5 Å². The molecule has 0 saturated carbocycles. The van der Waals surface area contributed by atoms with Crippen molar-refractivity contribution in [2.75, 3.05) is 19.8 Å². The molecule has 0 bridgehead atoms. The van der Waals surface area contributed by atoms with Gasteiger partial charge in [-0.15, -0.1) is 0 Å². The summed E-state index contributed by atoms with van der Waals surface area (Å²) in [6.07, 6.45) is 5.27. The van der Waals surface area contributed by atoms with Gasteiger partial charge in [0.15, 0.2) is 11.6 Å². The van der Waals surface area contributed by atoms with E-state index in [0.29, 0.717) is 22.9 Å². The van der Waals surface area contributed by atoms with E-state index in [0.717, 1.165) is 31.4 Å². The van der Waals surface area contributed by atoms with Gasteiger partial charge in [-0.1, -0.05) is 28.4 Å². The van der Waals surface area contributed by atoms with Crippen molar-refractivity contribution < 1.29 is 18.7 Å². The van der Waals surface area contributed by atoms with E-state index in [2.05, 4.69) is 21.1 Å². The van der Waals surface area contributed by atoms with E-state index in [9.17, 15) is 4.39 Å². The Morgan fingerprint density at radius 3 is 2.46 bits per heavy atom. The molecule has 0 N–H and O–H groups in total. The summed E-state index contributed by atoms with van der Waals surface area (Å²) >= 11 is 14.8. The van der Waals surface area contributed by atoms with Gasteiger partial charge in [-0.25, -0.2) is 4.39 Å². The van der Waals surface area contributed by atoms with Crippen molar-refractivity contribution in [1.29, 1.82) is 0 Å². The molecule has 146 valence electrons. The lowest BCUT2D eigenvalue weighted by atomic mass is 10.2. The molecule has 1 rings (SSSR count). The van der Waals surface area contributed by atoms with E-state index in [1.165, 1.54) is 12.1 Å². The fourth-order valence-electron chi connectivity index (χ4n) is 1.93. The third-order valence-electron chi connectivity index (χ3n) is 3.08. The van der Waals surface area contributed by atoms with Crippen LogP contribution in [-0.4, -0.2) is 25.5 Å². The maximum absolute atomic E-state index is 14.1. The van der Waals surface area contributed by atoms with Gasteiger partial charge < -0.3 is 14.3 Å². The van der Waals surface area contributed by atoms with Gasteiger partial charge in [0.2, 0.25) is 0 Å². The van der Waals surface area contributed by atoms with E-state index in [1.807, 2.05) is 13.8 Å². The van der Waals surface area contributed by atoms with Crippen LogP contribution in [0.2, 0.25) is 5.02 Å². The lowest BCUT2D eigenvalue weighted by Gasteiger charge is -2.11. The van der Waals surface area contributed by atoms with Gasteiger partial charge in [0.1, 0.15) is 19.0 Å². The van der Waals surface area contributed by atoms with Crippen LogP contribution in [0.25, 0.3) is 0 Å². The molecule has 0 fully saturated rings. The molecule has 8 heteroatoms. The monoisotopic (exact) mass is 469 g/mol. The van der Waals surface area contributed by atoms with Gasteiger partial charge in [0.25, 0.3) is 0 Å². The molecule has 0 unspecified atom stereocenters. The Labute approximate surface area is 172 Å². The number of benzene rings is 1. The predicted octanol–water partition coefficient (Wildman–Crippen LogP) is 6.68. The highest BCUT2D eigenvalue weighted by Gasteiger charge is 2.12. The van der Waals surface area contributed by atoms with Gasteiger partial charge in [-0.05, 0) is 61.5 Å². The maximum Gasteiger partial charge on any atom is 0.173 e. The number of oxime groups is 1. The first-order valence-corrected chi connectivity index (χ1v) is 9.84. The number of hydrogen-bond donors (Lipinski definition) is 0. The largest absolute Gasteiger partial charge is 0.489 e. The molecule has 0 amide bonds. The SMILES string of the molecule is CC(C)=NOCCCCCCOc1c(F)cc(OC/C=C(\Cl)Br)cc1Cl. The summed E-state index contributed by atoms with van der Waals surface area (Å²) in [7, 11) is 0. The average Bonchev–Trinajstić information content (AvgIpc) is 2.54. The van der Waals surface area contributed by atoms with Crippen LogP contribution in [0, 0.1) is 5.82 Å². The van der Waals surface area contributed by atoms with Crippen molar-refractivity contribution in [1.82, 2.24) is 0 Å². The first-order valence-electron chi connectivity index (χ1n) is 8.29. The average molecular weight is 471 g/mol. The molecular formula is C18H23BrCl2FNO3. The lowest BCUT2D eigenvalue weighted by molar-refractivity contribution is 0.139. The van der Waals surface area contributed by atoms with Crippen LogP contribution in [0.3, 0.4) is 0 Å². The molecule has 0 radical (unpaired) electrons. The van der Waals surface area contributed by atoms with Crippen LogP contribution in [0.5, 0.6) is 11.5 Å². The minimum absolute atomic E-state index is 0.0455. The van der Waals surface area contributed by atoms with E-state index in [4.69, 9.17) is 37.5 Å². The van der Waals surface area contributed by atoms with E-state index >= 15 is 0 Å². The quantitative estimate of drug-likeness (QED) is 0.194. The Kier molecular flexibility index (Phi) is 11.7. The number of halogens is 4. The van der Waals surface area contributed by atoms with Crippen LogP contribution in [0.15, 0.2) is 27.3 Å².